The Kier molecular flexibility index (Phi) is 10.8. The first-order chi connectivity index (χ1) is 20.1. The van der Waals surface area contributed by atoms with Crippen molar-refractivity contribution in [3.05, 3.63) is 47.7 Å². The maximum absolute atomic E-state index is 13.4. The molecule has 9 nitrogen and oxygen atoms in total. The van der Waals surface area contributed by atoms with Crippen LogP contribution in [0.4, 0.5) is 30.4 Å². The number of anilines is 3. The lowest BCUT2D eigenvalue weighted by atomic mass is 9.88. The van der Waals surface area contributed by atoms with Gasteiger partial charge in [0.2, 0.25) is 5.91 Å². The zero-order valence-corrected chi connectivity index (χ0v) is 24.9. The van der Waals surface area contributed by atoms with E-state index in [4.69, 9.17) is 5.26 Å². The van der Waals surface area contributed by atoms with Crippen molar-refractivity contribution >= 4 is 35.5 Å². The van der Waals surface area contributed by atoms with Crippen molar-refractivity contribution in [1.29, 1.82) is 5.26 Å². The van der Waals surface area contributed by atoms with Crippen molar-refractivity contribution in [2.24, 2.45) is 5.92 Å². The molecule has 0 unspecified atom stereocenters. The minimum absolute atomic E-state index is 0. The van der Waals surface area contributed by atoms with Crippen LogP contribution in [0.1, 0.15) is 43.2 Å². The lowest BCUT2D eigenvalue weighted by molar-refractivity contribution is -0.137. The summed E-state index contributed by atoms with van der Waals surface area (Å²) in [5.74, 6) is 0.0278. The molecule has 13 heteroatoms. The molecule has 0 radical (unpaired) electrons. The average molecular weight is 622 g/mol. The standard InChI is InChI=1S/C30H38F3N7O2.ClH/c31-30(32,33)26-19-24(2-1-23(26)20-34)39-12-5-22(6-13-39)28(41)37-27-4-3-25(21-36-27)40-15-8-29(42,9-16-40)7-14-38-17-10-35-11-18-38;/h1-4,19,21-22,35,42H,5-18H2,(H,36,37,41);1H. The highest BCUT2D eigenvalue weighted by Crippen LogP contribution is 2.35. The Morgan fingerprint density at radius 2 is 1.70 bits per heavy atom. The monoisotopic (exact) mass is 621 g/mol. The number of nitriles is 1. The van der Waals surface area contributed by atoms with E-state index < -0.39 is 22.9 Å². The molecule has 0 saturated carbocycles. The summed E-state index contributed by atoms with van der Waals surface area (Å²) in [6, 6.07) is 9.05. The van der Waals surface area contributed by atoms with Gasteiger partial charge in [-0.3, -0.25) is 4.79 Å². The van der Waals surface area contributed by atoms with E-state index in [1.54, 1.807) is 18.3 Å². The molecule has 0 bridgehead atoms. The maximum Gasteiger partial charge on any atom is 0.417 e. The molecule has 4 heterocycles. The molecule has 3 fully saturated rings. The highest BCUT2D eigenvalue weighted by atomic mass is 35.5. The molecular formula is C30H39ClF3N7O2. The van der Waals surface area contributed by atoms with Gasteiger partial charge in [-0.05, 0) is 62.4 Å². The third kappa shape index (κ3) is 8.29. The Morgan fingerprint density at radius 3 is 2.30 bits per heavy atom. The first-order valence-electron chi connectivity index (χ1n) is 14.7. The number of benzene rings is 1. The van der Waals surface area contributed by atoms with Gasteiger partial charge in [-0.15, -0.1) is 12.4 Å². The third-order valence-electron chi connectivity index (χ3n) is 8.82. The molecule has 43 heavy (non-hydrogen) atoms. The molecule has 5 rings (SSSR count). The fraction of sp³-hybridized carbons (Fsp3) is 0.567. The summed E-state index contributed by atoms with van der Waals surface area (Å²) < 4.78 is 40.1. The minimum Gasteiger partial charge on any atom is -0.390 e. The van der Waals surface area contributed by atoms with Crippen LogP contribution in [-0.2, 0) is 11.0 Å². The van der Waals surface area contributed by atoms with E-state index in [0.717, 1.165) is 64.0 Å². The molecule has 3 aliphatic rings. The van der Waals surface area contributed by atoms with Crippen LogP contribution in [0.15, 0.2) is 36.5 Å². The molecule has 3 N–H and O–H groups in total. The van der Waals surface area contributed by atoms with Crippen molar-refractivity contribution in [3.8, 4) is 6.07 Å². The normalized spacial score (nSPS) is 19.8. The quantitative estimate of drug-likeness (QED) is 0.428. The number of nitrogens with zero attached hydrogens (tertiary/aromatic N) is 5. The van der Waals surface area contributed by atoms with Gasteiger partial charge in [0, 0.05) is 70.5 Å². The molecule has 1 aromatic heterocycles. The average Bonchev–Trinajstić information content (AvgIpc) is 3.01. The van der Waals surface area contributed by atoms with Gasteiger partial charge in [0.1, 0.15) is 5.82 Å². The van der Waals surface area contributed by atoms with Gasteiger partial charge in [-0.25, -0.2) is 4.98 Å². The number of amides is 1. The van der Waals surface area contributed by atoms with E-state index in [1.165, 1.54) is 12.1 Å². The Hall–Kier alpha value is -3.11. The zero-order chi connectivity index (χ0) is 29.7. The SMILES string of the molecule is Cl.N#Cc1ccc(N2CCC(C(=O)Nc3ccc(N4CCC(O)(CCN5CCNCC5)CC4)cn3)CC2)cc1C(F)(F)F. The molecule has 1 aromatic carbocycles. The van der Waals surface area contributed by atoms with Crippen LogP contribution in [0.25, 0.3) is 0 Å². The second-order valence-electron chi connectivity index (χ2n) is 11.5. The Bertz CT molecular complexity index is 1270. The van der Waals surface area contributed by atoms with E-state index in [0.29, 0.717) is 50.3 Å². The van der Waals surface area contributed by atoms with Gasteiger partial charge in [0.05, 0.1) is 34.7 Å². The van der Waals surface area contributed by atoms with Crippen LogP contribution in [-0.4, -0.2) is 85.4 Å². The Balaban J connectivity index is 0.00000423. The summed E-state index contributed by atoms with van der Waals surface area (Å²) in [4.78, 5) is 23.8. The number of rotatable bonds is 7. The van der Waals surface area contributed by atoms with E-state index in [2.05, 4.69) is 25.4 Å². The molecule has 0 atom stereocenters. The molecule has 1 amide bonds. The lowest BCUT2D eigenvalue weighted by Crippen LogP contribution is -2.48. The van der Waals surface area contributed by atoms with E-state index in [-0.39, 0.29) is 24.2 Å². The van der Waals surface area contributed by atoms with Crippen LogP contribution < -0.4 is 20.4 Å². The number of hydrogen-bond donors (Lipinski definition) is 3. The largest absolute Gasteiger partial charge is 0.417 e. The Morgan fingerprint density at radius 1 is 1.05 bits per heavy atom. The summed E-state index contributed by atoms with van der Waals surface area (Å²) >= 11 is 0. The first-order valence-corrected chi connectivity index (χ1v) is 14.7. The van der Waals surface area contributed by atoms with E-state index >= 15 is 0 Å². The first kappa shape index (κ1) is 32.8. The number of piperazine rings is 1. The molecule has 0 spiro atoms. The van der Waals surface area contributed by atoms with Crippen LogP contribution in [0.3, 0.4) is 0 Å². The number of halogens is 4. The van der Waals surface area contributed by atoms with Crippen LogP contribution in [0.2, 0.25) is 0 Å². The highest BCUT2D eigenvalue weighted by molar-refractivity contribution is 5.92. The predicted molar refractivity (Wildman–Crippen MR) is 162 cm³/mol. The fourth-order valence-corrected chi connectivity index (χ4v) is 6.07. The van der Waals surface area contributed by atoms with E-state index in [1.807, 2.05) is 11.0 Å². The number of nitrogens with one attached hydrogen (secondary N) is 2. The van der Waals surface area contributed by atoms with Gasteiger partial charge < -0.3 is 30.4 Å². The Labute approximate surface area is 256 Å². The summed E-state index contributed by atoms with van der Waals surface area (Å²) in [6.07, 6.45) is 0.321. The van der Waals surface area contributed by atoms with E-state index in [9.17, 15) is 23.1 Å². The van der Waals surface area contributed by atoms with Crippen molar-refractivity contribution < 1.29 is 23.1 Å². The zero-order valence-electron chi connectivity index (χ0n) is 24.1. The number of aromatic nitrogens is 1. The summed E-state index contributed by atoms with van der Waals surface area (Å²) in [5.41, 5.74) is -0.636. The van der Waals surface area contributed by atoms with Gasteiger partial charge in [0.25, 0.3) is 0 Å². The summed E-state index contributed by atoms with van der Waals surface area (Å²) in [7, 11) is 0. The number of carbonyl (C=O) groups is 1. The maximum atomic E-state index is 13.4. The number of carbonyl (C=O) groups excluding carboxylic acids is 1. The smallest absolute Gasteiger partial charge is 0.390 e. The second kappa shape index (κ2) is 14.1. The van der Waals surface area contributed by atoms with Gasteiger partial charge in [-0.1, -0.05) is 0 Å². The summed E-state index contributed by atoms with van der Waals surface area (Å²) in [6.45, 7) is 7.34. The number of pyridine rings is 1. The predicted octanol–water partition coefficient (Wildman–Crippen LogP) is 3.88. The van der Waals surface area contributed by atoms with Crippen molar-refractivity contribution in [1.82, 2.24) is 15.2 Å². The molecular weight excluding hydrogens is 583 g/mol. The van der Waals surface area contributed by atoms with Gasteiger partial charge in [-0.2, -0.15) is 18.4 Å². The minimum atomic E-state index is -4.61. The van der Waals surface area contributed by atoms with Crippen LogP contribution in [0, 0.1) is 17.2 Å². The molecule has 3 saturated heterocycles. The molecule has 234 valence electrons. The third-order valence-corrected chi connectivity index (χ3v) is 8.82. The number of piperidine rings is 2. The van der Waals surface area contributed by atoms with Crippen molar-refractivity contribution in [2.45, 2.75) is 43.9 Å². The van der Waals surface area contributed by atoms with Crippen molar-refractivity contribution in [3.63, 3.8) is 0 Å². The van der Waals surface area contributed by atoms with Gasteiger partial charge in [0.15, 0.2) is 0 Å². The number of hydrogen-bond acceptors (Lipinski definition) is 8. The molecule has 3 aliphatic heterocycles. The second-order valence-corrected chi connectivity index (χ2v) is 11.5. The summed E-state index contributed by atoms with van der Waals surface area (Å²) in [5, 5.41) is 26.4. The van der Waals surface area contributed by atoms with Crippen LogP contribution >= 0.6 is 12.4 Å². The fourth-order valence-electron chi connectivity index (χ4n) is 6.07. The topological polar surface area (TPSA) is 108 Å². The van der Waals surface area contributed by atoms with Gasteiger partial charge >= 0.3 is 6.18 Å². The number of aliphatic hydroxyl groups is 1. The highest BCUT2D eigenvalue weighted by Gasteiger charge is 2.35. The number of alkyl halides is 3. The lowest BCUT2D eigenvalue weighted by Gasteiger charge is -2.40. The molecule has 0 aliphatic carbocycles. The molecule has 2 aromatic rings. The van der Waals surface area contributed by atoms with Crippen LogP contribution in [0.5, 0.6) is 0 Å². The van der Waals surface area contributed by atoms with Crippen molar-refractivity contribution in [2.75, 3.05) is 74.0 Å².